The van der Waals surface area contributed by atoms with Gasteiger partial charge in [-0.3, -0.25) is 29.4 Å². The molecule has 3 aromatic carbocycles. The van der Waals surface area contributed by atoms with Gasteiger partial charge in [-0.05, 0) is 70.8 Å². The van der Waals surface area contributed by atoms with Crippen molar-refractivity contribution in [1.29, 1.82) is 0 Å². The highest BCUT2D eigenvalue weighted by atomic mass is 32.2. The van der Waals surface area contributed by atoms with Crippen molar-refractivity contribution in [1.82, 2.24) is 9.80 Å². The SMILES string of the molecule is O=C(CN1C(=O)S/C(=C/c2ccc(OCc3ccc([N+](=O)[O-])cc3)cc2)C1=O)N1CCc2ccccc2C1. The molecule has 10 heteroatoms. The Morgan fingerprint density at radius 1 is 1.00 bits per heavy atom. The molecule has 0 radical (unpaired) electrons. The number of carbonyl (C=O) groups excluding carboxylic acids is 3. The first-order valence-electron chi connectivity index (χ1n) is 11.9. The summed E-state index contributed by atoms with van der Waals surface area (Å²) in [7, 11) is 0. The summed E-state index contributed by atoms with van der Waals surface area (Å²) in [6.07, 6.45) is 2.36. The summed E-state index contributed by atoms with van der Waals surface area (Å²) >= 11 is 0.817. The number of ether oxygens (including phenoxy) is 1. The number of amides is 3. The highest BCUT2D eigenvalue weighted by Gasteiger charge is 2.37. The molecule has 0 bridgehead atoms. The van der Waals surface area contributed by atoms with Crippen molar-refractivity contribution in [2.75, 3.05) is 13.1 Å². The molecule has 192 valence electrons. The number of carbonyl (C=O) groups is 3. The van der Waals surface area contributed by atoms with Gasteiger partial charge in [0.05, 0.1) is 9.83 Å². The minimum absolute atomic E-state index is 0.0177. The number of nitro benzene ring substituents is 1. The molecule has 9 nitrogen and oxygen atoms in total. The Morgan fingerprint density at radius 2 is 1.71 bits per heavy atom. The van der Waals surface area contributed by atoms with Crippen LogP contribution in [-0.2, 0) is 29.2 Å². The Morgan fingerprint density at radius 3 is 2.42 bits per heavy atom. The predicted octanol–water partition coefficient (Wildman–Crippen LogP) is 4.80. The number of rotatable bonds is 7. The summed E-state index contributed by atoms with van der Waals surface area (Å²) in [5.74, 6) is -0.149. The van der Waals surface area contributed by atoms with E-state index in [0.29, 0.717) is 24.4 Å². The van der Waals surface area contributed by atoms with Gasteiger partial charge in [0.15, 0.2) is 0 Å². The number of hydrogen-bond acceptors (Lipinski definition) is 7. The Balaban J connectivity index is 1.17. The number of non-ortho nitro benzene ring substituents is 1. The van der Waals surface area contributed by atoms with Crippen molar-refractivity contribution in [2.45, 2.75) is 19.6 Å². The van der Waals surface area contributed by atoms with Gasteiger partial charge in [0.25, 0.3) is 16.8 Å². The number of imide groups is 1. The van der Waals surface area contributed by atoms with Crippen molar-refractivity contribution in [2.24, 2.45) is 0 Å². The van der Waals surface area contributed by atoms with E-state index in [1.165, 1.54) is 17.7 Å². The zero-order chi connectivity index (χ0) is 26.6. The van der Waals surface area contributed by atoms with E-state index in [9.17, 15) is 24.5 Å². The van der Waals surface area contributed by atoms with E-state index < -0.39 is 16.1 Å². The van der Waals surface area contributed by atoms with Crippen LogP contribution < -0.4 is 4.74 Å². The van der Waals surface area contributed by atoms with Gasteiger partial charge >= 0.3 is 0 Å². The van der Waals surface area contributed by atoms with Crippen LogP contribution >= 0.6 is 11.8 Å². The Kier molecular flexibility index (Phi) is 7.23. The number of thioether (sulfide) groups is 1. The van der Waals surface area contributed by atoms with Crippen LogP contribution in [0.5, 0.6) is 5.75 Å². The minimum Gasteiger partial charge on any atom is -0.489 e. The van der Waals surface area contributed by atoms with Gasteiger partial charge in [0.2, 0.25) is 5.91 Å². The van der Waals surface area contributed by atoms with E-state index in [0.717, 1.165) is 34.2 Å². The van der Waals surface area contributed by atoms with Crippen molar-refractivity contribution in [3.8, 4) is 5.75 Å². The first-order valence-corrected chi connectivity index (χ1v) is 12.7. The van der Waals surface area contributed by atoms with E-state index in [-0.39, 0.29) is 29.7 Å². The van der Waals surface area contributed by atoms with Crippen LogP contribution in [0.2, 0.25) is 0 Å². The second-order valence-electron chi connectivity index (χ2n) is 8.88. The third kappa shape index (κ3) is 5.60. The van der Waals surface area contributed by atoms with Gasteiger partial charge in [-0.2, -0.15) is 0 Å². The summed E-state index contributed by atoms with van der Waals surface area (Å²) < 4.78 is 5.73. The molecule has 0 spiro atoms. The summed E-state index contributed by atoms with van der Waals surface area (Å²) in [6.45, 7) is 0.993. The lowest BCUT2D eigenvalue weighted by Gasteiger charge is -2.29. The maximum Gasteiger partial charge on any atom is 0.294 e. The van der Waals surface area contributed by atoms with Crippen LogP contribution in [0.25, 0.3) is 6.08 Å². The molecule has 5 rings (SSSR count). The average Bonchev–Trinajstić information content (AvgIpc) is 3.19. The smallest absolute Gasteiger partial charge is 0.294 e. The number of nitrogens with zero attached hydrogens (tertiary/aromatic N) is 3. The number of hydrogen-bond donors (Lipinski definition) is 0. The molecular weight excluding hydrogens is 506 g/mol. The van der Waals surface area contributed by atoms with E-state index in [1.807, 2.05) is 18.2 Å². The van der Waals surface area contributed by atoms with Crippen LogP contribution in [0.3, 0.4) is 0 Å². The highest BCUT2D eigenvalue weighted by molar-refractivity contribution is 8.18. The highest BCUT2D eigenvalue weighted by Crippen LogP contribution is 2.32. The molecule has 2 aliphatic heterocycles. The van der Waals surface area contributed by atoms with E-state index in [4.69, 9.17) is 4.74 Å². The van der Waals surface area contributed by atoms with Crippen molar-refractivity contribution in [3.63, 3.8) is 0 Å². The maximum absolute atomic E-state index is 12.9. The fourth-order valence-electron chi connectivity index (χ4n) is 4.27. The summed E-state index contributed by atoms with van der Waals surface area (Å²) in [5.41, 5.74) is 3.81. The third-order valence-electron chi connectivity index (χ3n) is 6.38. The molecule has 3 amide bonds. The third-order valence-corrected chi connectivity index (χ3v) is 7.29. The van der Waals surface area contributed by atoms with Crippen LogP contribution in [0.4, 0.5) is 10.5 Å². The standard InChI is InChI=1S/C28H23N3O6S/c32-26(29-14-13-21-3-1-2-4-22(21)16-29)17-30-27(33)25(38-28(30)34)15-19-7-11-24(12-8-19)37-18-20-5-9-23(10-6-20)31(35)36/h1-12,15H,13-14,16-18H2/b25-15+. The van der Waals surface area contributed by atoms with Crippen molar-refractivity contribution < 1.29 is 24.0 Å². The van der Waals surface area contributed by atoms with Gasteiger partial charge in [0.1, 0.15) is 18.9 Å². The fraction of sp³-hybridized carbons (Fsp3) is 0.179. The van der Waals surface area contributed by atoms with Crippen LogP contribution in [0.15, 0.2) is 77.7 Å². The molecule has 0 N–H and O–H groups in total. The van der Waals surface area contributed by atoms with Gasteiger partial charge in [-0.15, -0.1) is 0 Å². The lowest BCUT2D eigenvalue weighted by atomic mass is 10.00. The van der Waals surface area contributed by atoms with E-state index in [2.05, 4.69) is 6.07 Å². The van der Waals surface area contributed by atoms with Gasteiger partial charge in [-0.25, -0.2) is 0 Å². The fourth-order valence-corrected chi connectivity index (χ4v) is 5.11. The first kappa shape index (κ1) is 25.2. The quantitative estimate of drug-likeness (QED) is 0.246. The monoisotopic (exact) mass is 529 g/mol. The molecule has 0 saturated carbocycles. The number of nitro groups is 1. The second-order valence-corrected chi connectivity index (χ2v) is 9.88. The van der Waals surface area contributed by atoms with Crippen LogP contribution in [-0.4, -0.2) is 44.9 Å². The predicted molar refractivity (Wildman–Crippen MR) is 142 cm³/mol. The van der Waals surface area contributed by atoms with E-state index in [1.54, 1.807) is 47.4 Å². The summed E-state index contributed by atoms with van der Waals surface area (Å²) in [6, 6.07) is 21.1. The molecule has 0 aliphatic carbocycles. The topological polar surface area (TPSA) is 110 Å². The Labute approximate surface area is 222 Å². The lowest BCUT2D eigenvalue weighted by Crippen LogP contribution is -2.44. The zero-order valence-electron chi connectivity index (χ0n) is 20.2. The lowest BCUT2D eigenvalue weighted by molar-refractivity contribution is -0.384. The summed E-state index contributed by atoms with van der Waals surface area (Å²) in [4.78, 5) is 51.6. The van der Waals surface area contributed by atoms with Crippen molar-refractivity contribution in [3.05, 3.63) is 110 Å². The molecule has 2 aliphatic rings. The molecule has 0 atom stereocenters. The molecular formula is C28H23N3O6S. The molecule has 1 fully saturated rings. The largest absolute Gasteiger partial charge is 0.489 e. The minimum atomic E-state index is -0.482. The molecule has 0 aromatic heterocycles. The van der Waals surface area contributed by atoms with E-state index >= 15 is 0 Å². The van der Waals surface area contributed by atoms with Gasteiger partial charge in [0, 0.05) is 25.2 Å². The van der Waals surface area contributed by atoms with Gasteiger partial charge < -0.3 is 9.64 Å². The molecule has 0 unspecified atom stereocenters. The molecule has 3 aromatic rings. The van der Waals surface area contributed by atoms with Gasteiger partial charge in [-0.1, -0.05) is 36.4 Å². The molecule has 38 heavy (non-hydrogen) atoms. The Hall–Kier alpha value is -4.44. The summed E-state index contributed by atoms with van der Waals surface area (Å²) in [5, 5.41) is 10.3. The maximum atomic E-state index is 12.9. The molecule has 2 heterocycles. The molecule has 1 saturated heterocycles. The zero-order valence-corrected chi connectivity index (χ0v) is 21.1. The first-order chi connectivity index (χ1) is 18.4. The normalized spacial score (nSPS) is 16.1. The number of benzene rings is 3. The van der Waals surface area contributed by atoms with Crippen molar-refractivity contribution >= 4 is 40.6 Å². The van der Waals surface area contributed by atoms with Crippen LogP contribution in [0, 0.1) is 10.1 Å². The average molecular weight is 530 g/mol. The second kappa shape index (κ2) is 10.9. The van der Waals surface area contributed by atoms with Crippen LogP contribution in [0.1, 0.15) is 22.3 Å². The number of fused-ring (bicyclic) bond motifs is 1. The Bertz CT molecular complexity index is 1440.